The fourth-order valence-corrected chi connectivity index (χ4v) is 3.36. The van der Waals surface area contributed by atoms with Crippen molar-refractivity contribution in [2.75, 3.05) is 26.3 Å². The highest BCUT2D eigenvalue weighted by molar-refractivity contribution is 5.88. The number of carbonyl (C=O) groups excluding carboxylic acids is 2. The molecule has 1 aromatic rings. The molecule has 3 atom stereocenters. The Hall–Kier alpha value is -2.16. The van der Waals surface area contributed by atoms with E-state index in [-0.39, 0.29) is 12.0 Å². The van der Waals surface area contributed by atoms with Crippen molar-refractivity contribution in [3.05, 3.63) is 29.8 Å². The number of aliphatic hydroxyl groups is 1. The Bertz CT molecular complexity index is 636. The average molecular weight is 394 g/mol. The second-order valence-corrected chi connectivity index (χ2v) is 6.96. The van der Waals surface area contributed by atoms with E-state index in [0.29, 0.717) is 45.6 Å². The molecule has 1 aromatic carbocycles. The van der Waals surface area contributed by atoms with E-state index in [0.717, 1.165) is 11.3 Å². The summed E-state index contributed by atoms with van der Waals surface area (Å²) in [6, 6.07) is 7.71. The van der Waals surface area contributed by atoms with Crippen LogP contribution in [0.15, 0.2) is 24.3 Å². The van der Waals surface area contributed by atoms with Gasteiger partial charge in [0.15, 0.2) is 0 Å². The van der Waals surface area contributed by atoms with Crippen molar-refractivity contribution in [1.29, 1.82) is 0 Å². The van der Waals surface area contributed by atoms with Gasteiger partial charge in [-0.3, -0.25) is 14.8 Å². The first kappa shape index (κ1) is 22.1. The Kier molecular flexibility index (Phi) is 8.69. The average Bonchev–Trinajstić information content (AvgIpc) is 2.71. The Balaban J connectivity index is 1.98. The molecule has 2 rings (SSSR count). The Labute approximate surface area is 165 Å². The first-order valence-electron chi connectivity index (χ1n) is 9.70. The molecule has 28 heavy (non-hydrogen) atoms. The maximum atomic E-state index is 12.9. The molecule has 1 saturated heterocycles. The Morgan fingerprint density at radius 3 is 2.68 bits per heavy atom. The maximum Gasteiger partial charge on any atom is 0.272 e. The largest absolute Gasteiger partial charge is 0.494 e. The van der Waals surface area contributed by atoms with E-state index in [4.69, 9.17) is 14.7 Å². The molecule has 1 fully saturated rings. The molecule has 0 saturated carbocycles. The van der Waals surface area contributed by atoms with Gasteiger partial charge < -0.3 is 19.5 Å². The molecule has 1 aliphatic rings. The second kappa shape index (κ2) is 11.0. The number of nitrogens with one attached hydrogen (secondary N) is 1. The van der Waals surface area contributed by atoms with Crippen LogP contribution in [0.25, 0.3) is 0 Å². The Morgan fingerprint density at radius 1 is 1.36 bits per heavy atom. The van der Waals surface area contributed by atoms with Crippen LogP contribution in [0.1, 0.15) is 32.3 Å². The number of hydrogen-bond donors (Lipinski definition) is 3. The molecule has 0 bridgehead atoms. The van der Waals surface area contributed by atoms with Gasteiger partial charge in [-0.2, -0.15) is 0 Å². The van der Waals surface area contributed by atoms with Crippen LogP contribution in [-0.4, -0.2) is 65.5 Å². The number of morpholine rings is 1. The molecule has 0 spiro atoms. The molecule has 8 heteroatoms. The van der Waals surface area contributed by atoms with Crippen LogP contribution in [0.3, 0.4) is 0 Å². The van der Waals surface area contributed by atoms with E-state index in [9.17, 15) is 14.7 Å². The minimum atomic E-state index is -1.60. The molecule has 1 heterocycles. The van der Waals surface area contributed by atoms with E-state index in [2.05, 4.69) is 0 Å². The lowest BCUT2D eigenvalue weighted by molar-refractivity contribution is -0.154. The first-order chi connectivity index (χ1) is 13.5. The van der Waals surface area contributed by atoms with Crippen LogP contribution in [0.5, 0.6) is 5.75 Å². The van der Waals surface area contributed by atoms with Crippen molar-refractivity contribution in [2.45, 2.75) is 45.3 Å². The summed E-state index contributed by atoms with van der Waals surface area (Å²) in [5.74, 6) is -1.38. The topological polar surface area (TPSA) is 108 Å². The summed E-state index contributed by atoms with van der Waals surface area (Å²) in [4.78, 5) is 26.2. The molecular weight excluding hydrogens is 364 g/mol. The maximum absolute atomic E-state index is 12.9. The third-order valence-electron chi connectivity index (χ3n) is 4.84. The summed E-state index contributed by atoms with van der Waals surface area (Å²) in [6.07, 6.45) is -0.0581. The van der Waals surface area contributed by atoms with Gasteiger partial charge in [0.1, 0.15) is 11.9 Å². The third kappa shape index (κ3) is 6.19. The molecule has 3 N–H and O–H groups in total. The van der Waals surface area contributed by atoms with E-state index in [1.165, 1.54) is 5.48 Å². The number of carbonyl (C=O) groups is 2. The zero-order valence-electron chi connectivity index (χ0n) is 16.5. The van der Waals surface area contributed by atoms with Gasteiger partial charge in [0.2, 0.25) is 5.91 Å². The molecule has 2 amide bonds. The van der Waals surface area contributed by atoms with Gasteiger partial charge in [-0.15, -0.1) is 0 Å². The van der Waals surface area contributed by atoms with E-state index in [1.54, 1.807) is 4.90 Å². The number of benzene rings is 1. The predicted octanol–water partition coefficient (Wildman–Crippen LogP) is 1.14. The molecular formula is C20H30N2O6. The summed E-state index contributed by atoms with van der Waals surface area (Å²) in [6.45, 7) is 5.67. The quantitative estimate of drug-likeness (QED) is 0.428. The lowest BCUT2D eigenvalue weighted by atomic mass is 9.92. The summed E-state index contributed by atoms with van der Waals surface area (Å²) in [5.41, 5.74) is 2.52. The van der Waals surface area contributed by atoms with Crippen molar-refractivity contribution in [1.82, 2.24) is 10.4 Å². The summed E-state index contributed by atoms with van der Waals surface area (Å²) in [5, 5.41) is 19.1. The second-order valence-electron chi connectivity index (χ2n) is 6.96. The van der Waals surface area contributed by atoms with E-state index < -0.39 is 17.9 Å². The van der Waals surface area contributed by atoms with Crippen LogP contribution in [0, 0.1) is 5.92 Å². The van der Waals surface area contributed by atoms with Crippen LogP contribution in [0.2, 0.25) is 0 Å². The minimum Gasteiger partial charge on any atom is -0.494 e. The fraction of sp³-hybridized carbons (Fsp3) is 0.600. The van der Waals surface area contributed by atoms with Crippen molar-refractivity contribution >= 4 is 11.8 Å². The predicted molar refractivity (Wildman–Crippen MR) is 102 cm³/mol. The van der Waals surface area contributed by atoms with Crippen molar-refractivity contribution in [2.24, 2.45) is 5.92 Å². The number of hydrogen-bond acceptors (Lipinski definition) is 6. The monoisotopic (exact) mass is 394 g/mol. The molecule has 0 radical (unpaired) electrons. The first-order valence-corrected chi connectivity index (χ1v) is 9.70. The number of rotatable bonds is 9. The number of hydroxylamine groups is 1. The number of aryl methyl sites for hydroxylation is 1. The Morgan fingerprint density at radius 2 is 2.07 bits per heavy atom. The van der Waals surface area contributed by atoms with Crippen LogP contribution in [-0.2, 0) is 20.7 Å². The normalized spacial score (nSPS) is 19.0. The van der Waals surface area contributed by atoms with Gasteiger partial charge in [-0.25, -0.2) is 5.48 Å². The lowest BCUT2D eigenvalue weighted by Gasteiger charge is -2.34. The summed E-state index contributed by atoms with van der Waals surface area (Å²) < 4.78 is 10.9. The fourth-order valence-electron chi connectivity index (χ4n) is 3.36. The van der Waals surface area contributed by atoms with E-state index >= 15 is 0 Å². The smallest absolute Gasteiger partial charge is 0.272 e. The van der Waals surface area contributed by atoms with Crippen molar-refractivity contribution < 1.29 is 29.4 Å². The molecule has 1 aliphatic heterocycles. The zero-order valence-corrected chi connectivity index (χ0v) is 16.5. The molecule has 2 unspecified atom stereocenters. The van der Waals surface area contributed by atoms with Crippen LogP contribution < -0.4 is 10.2 Å². The highest BCUT2D eigenvalue weighted by Crippen LogP contribution is 2.21. The standard InChI is InChI=1S/C20H30N2O6/c1-3-27-16-9-7-15(8-10-16)5-4-6-17(18(23)19(24)21-26)20(25)22-11-12-28-14(2)13-22/h7-10,14,17-18,23,26H,3-6,11-13H2,1-2H3,(H,21,24)/t14?,17?,18-/m0/s1. The summed E-state index contributed by atoms with van der Waals surface area (Å²) >= 11 is 0. The molecule has 0 aliphatic carbocycles. The number of ether oxygens (including phenoxy) is 2. The molecule has 0 aromatic heterocycles. The minimum absolute atomic E-state index is 0.0917. The molecule has 8 nitrogen and oxygen atoms in total. The van der Waals surface area contributed by atoms with Gasteiger partial charge in [-0.05, 0) is 50.8 Å². The summed E-state index contributed by atoms with van der Waals surface area (Å²) in [7, 11) is 0. The van der Waals surface area contributed by atoms with Gasteiger partial charge in [0.05, 0.1) is 25.2 Å². The van der Waals surface area contributed by atoms with Gasteiger partial charge in [-0.1, -0.05) is 12.1 Å². The SMILES string of the molecule is CCOc1ccc(CCCC(C(=O)N2CCOC(C)C2)[C@H](O)C(=O)NO)cc1. The van der Waals surface area contributed by atoms with Crippen molar-refractivity contribution in [3.63, 3.8) is 0 Å². The van der Waals surface area contributed by atoms with E-state index in [1.807, 2.05) is 38.1 Å². The van der Waals surface area contributed by atoms with Gasteiger partial charge >= 0.3 is 0 Å². The number of amides is 2. The van der Waals surface area contributed by atoms with Crippen molar-refractivity contribution in [3.8, 4) is 5.75 Å². The number of nitrogens with zero attached hydrogens (tertiary/aromatic N) is 1. The zero-order chi connectivity index (χ0) is 20.5. The molecule has 156 valence electrons. The highest BCUT2D eigenvalue weighted by atomic mass is 16.5. The van der Waals surface area contributed by atoms with Crippen LogP contribution in [0.4, 0.5) is 0 Å². The van der Waals surface area contributed by atoms with Gasteiger partial charge in [0.25, 0.3) is 5.91 Å². The third-order valence-corrected chi connectivity index (χ3v) is 4.84. The number of aliphatic hydroxyl groups excluding tert-OH is 1. The highest BCUT2D eigenvalue weighted by Gasteiger charge is 2.35. The van der Waals surface area contributed by atoms with Crippen LogP contribution >= 0.6 is 0 Å². The van der Waals surface area contributed by atoms with Gasteiger partial charge in [0, 0.05) is 13.1 Å². The lowest BCUT2D eigenvalue weighted by Crippen LogP contribution is -2.51.